The van der Waals surface area contributed by atoms with Crippen molar-refractivity contribution in [1.29, 1.82) is 0 Å². The van der Waals surface area contributed by atoms with Crippen LogP contribution in [0.5, 0.6) is 0 Å². The second kappa shape index (κ2) is 4.70. The quantitative estimate of drug-likeness (QED) is 0.780. The van der Waals surface area contributed by atoms with E-state index in [0.717, 1.165) is 0 Å². The molecule has 0 bridgehead atoms. The molecule has 10 heteroatoms. The molecule has 2 atom stereocenters. The number of ether oxygens (including phenoxy) is 1. The van der Waals surface area contributed by atoms with Crippen LogP contribution >= 0.6 is 0 Å². The predicted molar refractivity (Wildman–Crippen MR) is 56.6 cm³/mol. The van der Waals surface area contributed by atoms with Crippen molar-refractivity contribution in [3.05, 3.63) is 32.6 Å². The Balaban J connectivity index is 2.44. The van der Waals surface area contributed by atoms with E-state index in [-0.39, 0.29) is 19.0 Å². The van der Waals surface area contributed by atoms with E-state index in [2.05, 4.69) is 0 Å². The van der Waals surface area contributed by atoms with Crippen LogP contribution in [0.4, 0.5) is 17.6 Å². The molecule has 1 aromatic rings. The van der Waals surface area contributed by atoms with E-state index >= 15 is 0 Å². The molecule has 2 N–H and O–H groups in total. The van der Waals surface area contributed by atoms with Crippen molar-refractivity contribution in [2.24, 2.45) is 0 Å². The molecule has 0 radical (unpaired) electrons. The van der Waals surface area contributed by atoms with Crippen molar-refractivity contribution >= 4 is 0 Å². The number of alkyl halides is 4. The number of aliphatic hydroxyl groups is 1. The number of aromatic nitrogens is 2. The topological polar surface area (TPSA) is 84.3 Å². The largest absolute Gasteiger partial charge is 0.423 e. The summed E-state index contributed by atoms with van der Waals surface area (Å²) in [5.41, 5.74) is -4.30. The highest BCUT2D eigenvalue weighted by molar-refractivity contribution is 5.09. The van der Waals surface area contributed by atoms with Gasteiger partial charge in [-0.25, -0.2) is 9.18 Å². The molecule has 0 aliphatic carbocycles. The molecule has 2 rings (SSSR count). The monoisotopic (exact) mass is 298 g/mol. The second-order valence-electron chi connectivity index (χ2n) is 4.36. The fraction of sp³-hybridized carbons (Fsp3) is 0.600. The molecule has 20 heavy (non-hydrogen) atoms. The molecule has 0 unspecified atom stereocenters. The molecule has 6 nitrogen and oxygen atoms in total. The van der Waals surface area contributed by atoms with Crippen LogP contribution in [0, 0.1) is 0 Å². The molecule has 0 amide bonds. The van der Waals surface area contributed by atoms with Crippen molar-refractivity contribution in [3.8, 4) is 0 Å². The maximum atomic E-state index is 13.6. The van der Waals surface area contributed by atoms with Gasteiger partial charge in [0.25, 0.3) is 5.56 Å². The molecule has 0 spiro atoms. The van der Waals surface area contributed by atoms with Gasteiger partial charge in [-0.2, -0.15) is 13.2 Å². The summed E-state index contributed by atoms with van der Waals surface area (Å²) in [6, 6.07) is 0. The summed E-state index contributed by atoms with van der Waals surface area (Å²) in [5, 5.41) is 8.76. The third-order valence-electron chi connectivity index (χ3n) is 2.93. The smallest absolute Gasteiger partial charge is 0.390 e. The Hall–Kier alpha value is -1.68. The van der Waals surface area contributed by atoms with Gasteiger partial charge in [0.1, 0.15) is 18.4 Å². The molecular formula is C10H10F4N2O4. The number of halogens is 4. The van der Waals surface area contributed by atoms with E-state index in [1.54, 1.807) is 0 Å². The number of aliphatic hydroxyl groups excluding tert-OH is 1. The average molecular weight is 298 g/mol. The molecule has 1 fully saturated rings. The number of H-pyrrole nitrogens is 1. The van der Waals surface area contributed by atoms with Crippen LogP contribution in [-0.2, 0) is 10.9 Å². The lowest BCUT2D eigenvalue weighted by molar-refractivity contribution is -0.178. The first-order valence-electron chi connectivity index (χ1n) is 5.56. The highest BCUT2D eigenvalue weighted by Crippen LogP contribution is 2.37. The Labute approximate surface area is 108 Å². The number of hydrogen-bond donors (Lipinski definition) is 2. The second-order valence-corrected chi connectivity index (χ2v) is 4.36. The Morgan fingerprint density at radius 1 is 1.50 bits per heavy atom. The minimum atomic E-state index is -4.95. The summed E-state index contributed by atoms with van der Waals surface area (Å²) in [4.78, 5) is 24.1. The van der Waals surface area contributed by atoms with Crippen molar-refractivity contribution in [1.82, 2.24) is 9.55 Å². The summed E-state index contributed by atoms with van der Waals surface area (Å²) in [5.74, 6) is -2.40. The SMILES string of the molecule is O=c1[nH]c(=O)n([C@H]2CC[C@@](F)(CO)O2)cc1C(F)(F)F. The zero-order valence-electron chi connectivity index (χ0n) is 9.91. The summed E-state index contributed by atoms with van der Waals surface area (Å²) in [6.07, 6.45) is -6.38. The number of nitrogens with zero attached hydrogens (tertiary/aromatic N) is 1. The van der Waals surface area contributed by atoms with E-state index in [9.17, 15) is 27.2 Å². The first-order valence-corrected chi connectivity index (χ1v) is 5.56. The maximum Gasteiger partial charge on any atom is 0.423 e. The van der Waals surface area contributed by atoms with Gasteiger partial charge in [0.05, 0.1) is 0 Å². The van der Waals surface area contributed by atoms with E-state index in [0.29, 0.717) is 4.57 Å². The predicted octanol–water partition coefficient (Wildman–Crippen LogP) is 0.522. The molecular weight excluding hydrogens is 288 g/mol. The van der Waals surface area contributed by atoms with Crippen molar-refractivity contribution in [3.63, 3.8) is 0 Å². The van der Waals surface area contributed by atoms with Gasteiger partial charge >= 0.3 is 11.9 Å². The zero-order chi connectivity index (χ0) is 15.1. The lowest BCUT2D eigenvalue weighted by Gasteiger charge is -2.19. The molecule has 2 heterocycles. The third kappa shape index (κ3) is 2.61. The minimum absolute atomic E-state index is 0.111. The van der Waals surface area contributed by atoms with Gasteiger partial charge in [0, 0.05) is 12.6 Å². The van der Waals surface area contributed by atoms with Gasteiger partial charge in [-0.3, -0.25) is 14.3 Å². The van der Waals surface area contributed by atoms with Crippen molar-refractivity contribution < 1.29 is 27.4 Å². The highest BCUT2D eigenvalue weighted by Gasteiger charge is 2.42. The van der Waals surface area contributed by atoms with E-state index < -0.39 is 41.7 Å². The Bertz CT molecular complexity index is 623. The van der Waals surface area contributed by atoms with Crippen LogP contribution in [0.25, 0.3) is 0 Å². The van der Waals surface area contributed by atoms with Crippen LogP contribution in [0.15, 0.2) is 15.8 Å². The van der Waals surface area contributed by atoms with Gasteiger partial charge in [0.2, 0.25) is 5.85 Å². The van der Waals surface area contributed by atoms with Gasteiger partial charge in [0.15, 0.2) is 0 Å². The first kappa shape index (κ1) is 14.7. The number of hydrogen-bond acceptors (Lipinski definition) is 4. The first-order chi connectivity index (χ1) is 9.16. The molecule has 1 aliphatic heterocycles. The highest BCUT2D eigenvalue weighted by atomic mass is 19.4. The lowest BCUT2D eigenvalue weighted by Crippen LogP contribution is -2.37. The average Bonchev–Trinajstić information content (AvgIpc) is 2.71. The fourth-order valence-corrected chi connectivity index (χ4v) is 1.91. The van der Waals surface area contributed by atoms with Gasteiger partial charge in [-0.15, -0.1) is 0 Å². The van der Waals surface area contributed by atoms with E-state index in [4.69, 9.17) is 9.84 Å². The van der Waals surface area contributed by atoms with Crippen molar-refractivity contribution in [2.75, 3.05) is 6.61 Å². The van der Waals surface area contributed by atoms with Gasteiger partial charge in [-0.05, 0) is 6.42 Å². The Morgan fingerprint density at radius 3 is 2.65 bits per heavy atom. The number of aromatic amines is 1. The standard InChI is InChI=1S/C10H10F4N2O4/c11-9(4-17)2-1-6(20-9)16-3-5(10(12,13)14)7(18)15-8(16)19/h3,6,17H,1-2,4H2,(H,15,18,19)/t6-,9+/m1/s1. The van der Waals surface area contributed by atoms with Gasteiger partial charge in [-0.1, -0.05) is 0 Å². The molecule has 1 aromatic heterocycles. The number of rotatable bonds is 2. The fourth-order valence-electron chi connectivity index (χ4n) is 1.91. The maximum absolute atomic E-state index is 13.6. The summed E-state index contributed by atoms with van der Waals surface area (Å²) in [7, 11) is 0. The zero-order valence-corrected chi connectivity index (χ0v) is 9.91. The van der Waals surface area contributed by atoms with Crippen molar-refractivity contribution in [2.45, 2.75) is 31.1 Å². The summed E-state index contributed by atoms with van der Waals surface area (Å²) < 4.78 is 56.6. The Morgan fingerprint density at radius 2 is 2.15 bits per heavy atom. The van der Waals surface area contributed by atoms with Crippen LogP contribution in [0.1, 0.15) is 24.6 Å². The normalized spacial score (nSPS) is 26.9. The van der Waals surface area contributed by atoms with Crippen LogP contribution < -0.4 is 11.2 Å². The van der Waals surface area contributed by atoms with Crippen LogP contribution in [-0.4, -0.2) is 27.1 Å². The summed E-state index contributed by atoms with van der Waals surface area (Å²) in [6.45, 7) is -0.978. The van der Waals surface area contributed by atoms with E-state index in [1.165, 1.54) is 4.98 Å². The third-order valence-corrected chi connectivity index (χ3v) is 2.93. The van der Waals surface area contributed by atoms with Crippen LogP contribution in [0.3, 0.4) is 0 Å². The van der Waals surface area contributed by atoms with Gasteiger partial charge < -0.3 is 9.84 Å². The molecule has 0 aromatic carbocycles. The minimum Gasteiger partial charge on any atom is -0.390 e. The van der Waals surface area contributed by atoms with Crippen LogP contribution in [0.2, 0.25) is 0 Å². The molecule has 1 aliphatic rings. The molecule has 112 valence electrons. The molecule has 0 saturated carbocycles. The lowest BCUT2D eigenvalue weighted by atomic mass is 10.2. The molecule has 1 saturated heterocycles. The van der Waals surface area contributed by atoms with E-state index in [1.807, 2.05) is 0 Å². The Kier molecular flexibility index (Phi) is 3.46. The summed E-state index contributed by atoms with van der Waals surface area (Å²) >= 11 is 0. The number of nitrogens with one attached hydrogen (secondary N) is 1.